The molecule has 4 rings (SSSR count). The average Bonchev–Trinajstić information content (AvgIpc) is 3.00. The van der Waals surface area contributed by atoms with E-state index in [-0.39, 0.29) is 0 Å². The first kappa shape index (κ1) is 29.9. The number of hydrogen-bond acceptors (Lipinski definition) is 5. The van der Waals surface area contributed by atoms with E-state index in [2.05, 4.69) is 140 Å². The maximum atomic E-state index is 4.39. The average molecular weight is 548 g/mol. The summed E-state index contributed by atoms with van der Waals surface area (Å²) in [4.78, 5) is 7.05. The summed E-state index contributed by atoms with van der Waals surface area (Å²) in [6.07, 6.45) is 2.64. The summed E-state index contributed by atoms with van der Waals surface area (Å²) in [5.41, 5.74) is 10.9. The highest BCUT2D eigenvalue weighted by atomic mass is 15.3. The fourth-order valence-corrected chi connectivity index (χ4v) is 5.11. The predicted octanol–water partition coefficient (Wildman–Crippen LogP) is 7.86. The van der Waals surface area contributed by atoms with Gasteiger partial charge in [0.2, 0.25) is 0 Å². The predicted molar refractivity (Wildman–Crippen MR) is 180 cm³/mol. The molecule has 0 amide bonds. The van der Waals surface area contributed by atoms with Crippen molar-refractivity contribution in [3.05, 3.63) is 121 Å². The minimum atomic E-state index is 0.885. The Morgan fingerprint density at radius 1 is 0.927 bits per heavy atom. The monoisotopic (exact) mass is 547 g/mol. The van der Waals surface area contributed by atoms with Gasteiger partial charge in [-0.2, -0.15) is 0 Å². The number of nitrogens with one attached hydrogen (secondary N) is 2. The number of likely N-dealkylation sites (N-methyl/N-ethyl adjacent to an activating group) is 2. The van der Waals surface area contributed by atoms with Gasteiger partial charge in [0, 0.05) is 73.8 Å². The number of rotatable bonds is 12. The molecule has 5 nitrogen and oxygen atoms in total. The largest absolute Gasteiger partial charge is 0.362 e. The van der Waals surface area contributed by atoms with Gasteiger partial charge in [-0.15, -0.1) is 0 Å². The normalized spacial score (nSPS) is 14.6. The molecule has 5 heteroatoms. The van der Waals surface area contributed by atoms with Gasteiger partial charge < -0.3 is 20.4 Å². The van der Waals surface area contributed by atoms with Crippen LogP contribution in [-0.4, -0.2) is 56.6 Å². The molecule has 1 fully saturated rings. The van der Waals surface area contributed by atoms with Gasteiger partial charge in [-0.1, -0.05) is 69.1 Å². The van der Waals surface area contributed by atoms with Crippen molar-refractivity contribution >= 4 is 33.9 Å². The maximum absolute atomic E-state index is 4.39. The summed E-state index contributed by atoms with van der Waals surface area (Å²) in [6.45, 7) is 22.1. The van der Waals surface area contributed by atoms with E-state index >= 15 is 0 Å². The molecular formula is C36H45N5. The van der Waals surface area contributed by atoms with Gasteiger partial charge in [0.1, 0.15) is 0 Å². The van der Waals surface area contributed by atoms with Crippen LogP contribution in [0, 0.1) is 0 Å². The van der Waals surface area contributed by atoms with E-state index in [1.165, 1.54) is 0 Å². The lowest BCUT2D eigenvalue weighted by Crippen LogP contribution is -2.46. The molecule has 2 N–H and O–H groups in total. The van der Waals surface area contributed by atoms with Gasteiger partial charge in [0.05, 0.1) is 0 Å². The molecule has 214 valence electrons. The van der Waals surface area contributed by atoms with Gasteiger partial charge in [0.15, 0.2) is 0 Å². The summed E-state index contributed by atoms with van der Waals surface area (Å²) in [5, 5.41) is 7.08. The molecule has 1 heterocycles. The lowest BCUT2D eigenvalue weighted by atomic mass is 9.95. The number of hydrogen-bond donors (Lipinski definition) is 2. The second-order valence-corrected chi connectivity index (χ2v) is 10.8. The zero-order valence-electron chi connectivity index (χ0n) is 25.2. The Bertz CT molecular complexity index is 1380. The van der Waals surface area contributed by atoms with Crippen LogP contribution in [0.25, 0.3) is 16.8 Å². The molecule has 1 aliphatic heterocycles. The highest BCUT2D eigenvalue weighted by Gasteiger charge is 2.17. The zero-order valence-corrected chi connectivity index (χ0v) is 25.2. The van der Waals surface area contributed by atoms with Crippen LogP contribution in [0.4, 0.5) is 17.1 Å². The highest BCUT2D eigenvalue weighted by molar-refractivity contribution is 5.98. The van der Waals surface area contributed by atoms with Crippen LogP contribution >= 0.6 is 0 Å². The topological polar surface area (TPSA) is 33.8 Å². The smallest absolute Gasteiger partial charge is 0.0494 e. The number of allylic oxidation sites excluding steroid dienone is 2. The molecule has 0 unspecified atom stereocenters. The molecule has 1 saturated heterocycles. The summed E-state index contributed by atoms with van der Waals surface area (Å²) < 4.78 is 0. The van der Waals surface area contributed by atoms with Crippen molar-refractivity contribution in [1.29, 1.82) is 0 Å². The first-order valence-corrected chi connectivity index (χ1v) is 14.5. The van der Waals surface area contributed by atoms with E-state index in [1.54, 1.807) is 6.20 Å². The van der Waals surface area contributed by atoms with Gasteiger partial charge in [-0.25, -0.2) is 0 Å². The second kappa shape index (κ2) is 14.0. The van der Waals surface area contributed by atoms with E-state index in [9.17, 15) is 0 Å². The van der Waals surface area contributed by atoms with Gasteiger partial charge in [0.25, 0.3) is 0 Å². The standard InChI is InChI=1S/C36H45N5/c1-8-27(3)31-15-20-34(35(25-31)37-9-2)29(5)36(30-13-11-10-12-14-30)38-32-16-18-33(19-17-32)40(7)28(4)26-41-23-21-39(6)22-24-41/h9-20,25,37-38H,2-4,8,21-24,26H2,1,5-7H3/b36-29+. The molecule has 3 aromatic carbocycles. The van der Waals surface area contributed by atoms with Crippen LogP contribution in [-0.2, 0) is 0 Å². The summed E-state index contributed by atoms with van der Waals surface area (Å²) in [7, 11) is 4.29. The third kappa shape index (κ3) is 7.57. The molecule has 0 bridgehead atoms. The van der Waals surface area contributed by atoms with Crippen molar-refractivity contribution in [3.63, 3.8) is 0 Å². The Morgan fingerprint density at radius 3 is 2.24 bits per heavy atom. The van der Waals surface area contributed by atoms with Crippen LogP contribution in [0.1, 0.15) is 37.0 Å². The van der Waals surface area contributed by atoms with E-state index in [4.69, 9.17) is 0 Å². The van der Waals surface area contributed by atoms with Crippen LogP contribution in [0.2, 0.25) is 0 Å². The number of nitrogens with zero attached hydrogens (tertiary/aromatic N) is 3. The first-order chi connectivity index (χ1) is 19.8. The Balaban J connectivity index is 1.59. The van der Waals surface area contributed by atoms with Crippen molar-refractivity contribution in [3.8, 4) is 0 Å². The van der Waals surface area contributed by atoms with Crippen LogP contribution in [0.5, 0.6) is 0 Å². The van der Waals surface area contributed by atoms with Gasteiger partial charge in [-0.05, 0) is 79.2 Å². The van der Waals surface area contributed by atoms with Gasteiger partial charge in [-0.3, -0.25) is 4.90 Å². The lowest BCUT2D eigenvalue weighted by Gasteiger charge is -2.34. The Hall–Kier alpha value is -4.06. The van der Waals surface area contributed by atoms with E-state index in [1.807, 2.05) is 6.07 Å². The molecule has 0 spiro atoms. The second-order valence-electron chi connectivity index (χ2n) is 10.8. The summed E-state index contributed by atoms with van der Waals surface area (Å²) in [5.74, 6) is 0. The molecule has 41 heavy (non-hydrogen) atoms. The fraction of sp³-hybridized carbons (Fsp3) is 0.278. The molecule has 0 saturated carbocycles. The quantitative estimate of drug-likeness (QED) is 0.226. The van der Waals surface area contributed by atoms with Crippen molar-refractivity contribution in [2.75, 3.05) is 62.4 Å². The number of anilines is 3. The van der Waals surface area contributed by atoms with Crippen molar-refractivity contribution in [2.24, 2.45) is 0 Å². The molecule has 0 atom stereocenters. The van der Waals surface area contributed by atoms with Crippen molar-refractivity contribution < 1.29 is 0 Å². The van der Waals surface area contributed by atoms with Crippen LogP contribution in [0.15, 0.2) is 104 Å². The summed E-state index contributed by atoms with van der Waals surface area (Å²) in [6, 6.07) is 25.6. The fourth-order valence-electron chi connectivity index (χ4n) is 5.11. The summed E-state index contributed by atoms with van der Waals surface area (Å²) >= 11 is 0. The highest BCUT2D eigenvalue weighted by Crippen LogP contribution is 2.34. The minimum Gasteiger partial charge on any atom is -0.362 e. The number of benzene rings is 3. The number of piperazine rings is 1. The third-order valence-electron chi connectivity index (χ3n) is 7.95. The van der Waals surface area contributed by atoms with Gasteiger partial charge >= 0.3 is 0 Å². The molecule has 0 radical (unpaired) electrons. The third-order valence-corrected chi connectivity index (χ3v) is 7.95. The van der Waals surface area contributed by atoms with Crippen molar-refractivity contribution in [2.45, 2.75) is 20.3 Å². The first-order valence-electron chi connectivity index (χ1n) is 14.5. The molecule has 3 aromatic rings. The molecular weight excluding hydrogens is 502 g/mol. The van der Waals surface area contributed by atoms with E-state index in [0.717, 1.165) is 95.4 Å². The Morgan fingerprint density at radius 2 is 1.61 bits per heavy atom. The minimum absolute atomic E-state index is 0.885. The molecule has 0 aliphatic carbocycles. The lowest BCUT2D eigenvalue weighted by molar-refractivity contribution is 0.163. The zero-order chi connectivity index (χ0) is 29.4. The van der Waals surface area contributed by atoms with Crippen molar-refractivity contribution in [1.82, 2.24) is 9.80 Å². The molecule has 0 aromatic heterocycles. The maximum Gasteiger partial charge on any atom is 0.0494 e. The van der Waals surface area contributed by atoms with E-state index in [0.29, 0.717) is 0 Å². The SMILES string of the molecule is C=CNc1cc(C(=C)CC)ccc1/C(C)=C(/Nc1ccc(N(C)C(=C)CN2CCN(C)CC2)cc1)c1ccccc1. The Labute approximate surface area is 247 Å². The molecule has 1 aliphatic rings. The van der Waals surface area contributed by atoms with Crippen LogP contribution in [0.3, 0.4) is 0 Å². The van der Waals surface area contributed by atoms with E-state index < -0.39 is 0 Å². The Kier molecular flexibility index (Phi) is 10.2. The van der Waals surface area contributed by atoms with Crippen LogP contribution < -0.4 is 15.5 Å².